The maximum absolute atomic E-state index is 13.6. The number of anilines is 1. The number of nitrogens with zero attached hydrogens (tertiary/aromatic N) is 2. The summed E-state index contributed by atoms with van der Waals surface area (Å²) in [6.45, 7) is 6.75. The highest BCUT2D eigenvalue weighted by Gasteiger charge is 2.28. The Hall–Kier alpha value is -2.29. The van der Waals surface area contributed by atoms with Crippen LogP contribution < -0.4 is 4.90 Å². The molecule has 31 heavy (non-hydrogen) atoms. The van der Waals surface area contributed by atoms with Crippen LogP contribution in [0.2, 0.25) is 0 Å². The molecule has 3 aromatic rings. The lowest BCUT2D eigenvalue weighted by Crippen LogP contribution is -2.37. The molecule has 0 N–H and O–H groups in total. The second kappa shape index (κ2) is 8.68. The molecule has 6 nitrogen and oxygen atoms in total. The number of carbonyl (C=O) groups is 1. The number of thiazole rings is 1. The summed E-state index contributed by atoms with van der Waals surface area (Å²) in [5.41, 5.74) is 3.48. The van der Waals surface area contributed by atoms with E-state index >= 15 is 0 Å². The lowest BCUT2D eigenvalue weighted by atomic mass is 10.1. The van der Waals surface area contributed by atoms with Crippen molar-refractivity contribution in [3.63, 3.8) is 0 Å². The second-order valence-corrected chi connectivity index (χ2v) is 11.1. The average Bonchev–Trinajstić information content (AvgIpc) is 3.44. The number of fused-ring (bicyclic) bond motifs is 1. The molecule has 2 aromatic carbocycles. The average molecular weight is 459 g/mol. The lowest BCUT2D eigenvalue weighted by molar-refractivity contribution is 0.0917. The van der Waals surface area contributed by atoms with Crippen molar-refractivity contribution in [2.75, 3.05) is 23.8 Å². The number of hydrogen-bond donors (Lipinski definition) is 0. The number of aromatic nitrogens is 1. The van der Waals surface area contributed by atoms with Crippen LogP contribution in [0.15, 0.2) is 41.3 Å². The first-order chi connectivity index (χ1) is 14.8. The Bertz CT molecular complexity index is 1230. The molecular weight excluding hydrogens is 432 g/mol. The lowest BCUT2D eigenvalue weighted by Gasteiger charge is -2.23. The Morgan fingerprint density at radius 1 is 1.26 bits per heavy atom. The van der Waals surface area contributed by atoms with Crippen LogP contribution in [-0.2, 0) is 14.6 Å². The highest BCUT2D eigenvalue weighted by atomic mass is 32.2. The van der Waals surface area contributed by atoms with Gasteiger partial charge in [-0.1, -0.05) is 30.4 Å². The molecule has 0 spiro atoms. The largest absolute Gasteiger partial charge is 0.376 e. The Kier molecular flexibility index (Phi) is 6.14. The maximum Gasteiger partial charge on any atom is 0.260 e. The first-order valence-electron chi connectivity index (χ1n) is 10.4. The van der Waals surface area contributed by atoms with Gasteiger partial charge in [-0.2, -0.15) is 0 Å². The third-order valence-electron chi connectivity index (χ3n) is 5.78. The van der Waals surface area contributed by atoms with Gasteiger partial charge in [-0.05, 0) is 62.1 Å². The van der Waals surface area contributed by atoms with E-state index in [1.807, 2.05) is 19.9 Å². The highest BCUT2D eigenvalue weighted by molar-refractivity contribution is 7.91. The van der Waals surface area contributed by atoms with E-state index in [4.69, 9.17) is 9.72 Å². The van der Waals surface area contributed by atoms with Crippen LogP contribution in [0.3, 0.4) is 0 Å². The number of benzene rings is 2. The summed E-state index contributed by atoms with van der Waals surface area (Å²) >= 11 is 1.47. The fraction of sp³-hybridized carbons (Fsp3) is 0.391. The Labute approximate surface area is 186 Å². The van der Waals surface area contributed by atoms with Crippen LogP contribution in [0, 0.1) is 13.8 Å². The zero-order chi connectivity index (χ0) is 22.2. The molecule has 1 unspecified atom stereocenters. The first-order valence-corrected chi connectivity index (χ1v) is 12.9. The quantitative estimate of drug-likeness (QED) is 0.542. The van der Waals surface area contributed by atoms with Crippen LogP contribution >= 0.6 is 11.3 Å². The van der Waals surface area contributed by atoms with E-state index in [0.29, 0.717) is 23.8 Å². The van der Waals surface area contributed by atoms with Crippen molar-refractivity contribution in [1.29, 1.82) is 0 Å². The molecule has 1 saturated heterocycles. The van der Waals surface area contributed by atoms with Gasteiger partial charge in [-0.25, -0.2) is 13.4 Å². The molecule has 1 amide bonds. The summed E-state index contributed by atoms with van der Waals surface area (Å²) in [5.74, 6) is -0.280. The summed E-state index contributed by atoms with van der Waals surface area (Å²) in [4.78, 5) is 20.2. The van der Waals surface area contributed by atoms with Gasteiger partial charge in [0, 0.05) is 12.2 Å². The summed E-state index contributed by atoms with van der Waals surface area (Å²) in [6.07, 6.45) is 1.80. The van der Waals surface area contributed by atoms with Crippen LogP contribution in [-0.4, -0.2) is 44.3 Å². The molecule has 8 heteroatoms. The molecule has 0 bridgehead atoms. The molecule has 164 valence electrons. The summed E-state index contributed by atoms with van der Waals surface area (Å²) in [6, 6.07) is 10.4. The zero-order valence-electron chi connectivity index (χ0n) is 17.9. The molecule has 4 rings (SSSR count). The highest BCUT2D eigenvalue weighted by Crippen LogP contribution is 2.33. The monoisotopic (exact) mass is 458 g/mol. The molecule has 1 fully saturated rings. The number of carbonyl (C=O) groups excluding carboxylic acids is 1. The van der Waals surface area contributed by atoms with Gasteiger partial charge in [-0.15, -0.1) is 0 Å². The molecule has 1 atom stereocenters. The molecule has 1 aromatic heterocycles. The van der Waals surface area contributed by atoms with Crippen molar-refractivity contribution < 1.29 is 17.9 Å². The Morgan fingerprint density at radius 3 is 2.77 bits per heavy atom. The first kappa shape index (κ1) is 21.9. The predicted octanol–water partition coefficient (Wildman–Crippen LogP) is 4.53. The van der Waals surface area contributed by atoms with E-state index < -0.39 is 9.84 Å². The van der Waals surface area contributed by atoms with Gasteiger partial charge in [0.2, 0.25) is 0 Å². The SMILES string of the molecule is CCS(=O)(=O)c1cccc(C(=O)N(CC2CCCO2)c2nc3c(C)c(C)ccc3s2)c1. The summed E-state index contributed by atoms with van der Waals surface area (Å²) in [7, 11) is -3.41. The smallest absolute Gasteiger partial charge is 0.260 e. The molecule has 1 aliphatic heterocycles. The van der Waals surface area contributed by atoms with E-state index in [-0.39, 0.29) is 22.7 Å². The Balaban J connectivity index is 1.76. The number of sulfone groups is 1. The number of amides is 1. The predicted molar refractivity (Wildman–Crippen MR) is 124 cm³/mol. The van der Waals surface area contributed by atoms with Crippen molar-refractivity contribution in [2.24, 2.45) is 0 Å². The topological polar surface area (TPSA) is 76.6 Å². The summed E-state index contributed by atoms with van der Waals surface area (Å²) < 4.78 is 31.5. The van der Waals surface area contributed by atoms with Crippen LogP contribution in [0.1, 0.15) is 41.3 Å². The second-order valence-electron chi connectivity index (χ2n) is 7.83. The van der Waals surface area contributed by atoms with Crippen molar-refractivity contribution in [2.45, 2.75) is 44.6 Å². The van der Waals surface area contributed by atoms with Crippen molar-refractivity contribution in [3.8, 4) is 0 Å². The van der Waals surface area contributed by atoms with E-state index in [1.54, 1.807) is 24.0 Å². The molecule has 1 aliphatic rings. The van der Waals surface area contributed by atoms with Gasteiger partial charge in [0.05, 0.1) is 33.5 Å². The number of hydrogen-bond acceptors (Lipinski definition) is 6. The fourth-order valence-electron chi connectivity index (χ4n) is 3.71. The van der Waals surface area contributed by atoms with Gasteiger partial charge >= 0.3 is 0 Å². The van der Waals surface area contributed by atoms with Gasteiger partial charge in [-0.3, -0.25) is 9.69 Å². The third kappa shape index (κ3) is 4.37. The third-order valence-corrected chi connectivity index (χ3v) is 8.56. The van der Waals surface area contributed by atoms with E-state index in [0.717, 1.165) is 34.2 Å². The van der Waals surface area contributed by atoms with Crippen molar-refractivity contribution >= 4 is 42.4 Å². The van der Waals surface area contributed by atoms with E-state index in [9.17, 15) is 13.2 Å². The fourth-order valence-corrected chi connectivity index (χ4v) is 5.67. The van der Waals surface area contributed by atoms with Crippen LogP contribution in [0.5, 0.6) is 0 Å². The van der Waals surface area contributed by atoms with E-state index in [2.05, 4.69) is 6.07 Å². The Morgan fingerprint density at radius 2 is 2.06 bits per heavy atom. The number of aryl methyl sites for hydroxylation is 2. The van der Waals surface area contributed by atoms with Gasteiger partial charge in [0.1, 0.15) is 0 Å². The molecule has 0 radical (unpaired) electrons. The standard InChI is InChI=1S/C23H26N2O4S2/c1-4-31(27,28)19-9-5-7-17(13-19)22(26)25(14-18-8-6-12-29-18)23-24-21-16(3)15(2)10-11-20(21)30-23/h5,7,9-11,13,18H,4,6,8,12,14H2,1-3H3. The van der Waals surface area contributed by atoms with Crippen LogP contribution in [0.25, 0.3) is 10.2 Å². The van der Waals surface area contributed by atoms with Gasteiger partial charge < -0.3 is 4.74 Å². The van der Waals surface area contributed by atoms with Gasteiger partial charge in [0.25, 0.3) is 5.91 Å². The number of ether oxygens (including phenoxy) is 1. The normalized spacial score (nSPS) is 16.7. The summed E-state index contributed by atoms with van der Waals surface area (Å²) in [5, 5.41) is 0.605. The molecule has 2 heterocycles. The molecule has 0 saturated carbocycles. The van der Waals surface area contributed by atoms with Gasteiger partial charge in [0.15, 0.2) is 15.0 Å². The minimum absolute atomic E-state index is 0.0131. The molecule has 0 aliphatic carbocycles. The minimum Gasteiger partial charge on any atom is -0.376 e. The minimum atomic E-state index is -3.41. The van der Waals surface area contributed by atoms with E-state index in [1.165, 1.54) is 23.5 Å². The number of rotatable bonds is 6. The van der Waals surface area contributed by atoms with Crippen LogP contribution in [0.4, 0.5) is 5.13 Å². The zero-order valence-corrected chi connectivity index (χ0v) is 19.6. The van der Waals surface area contributed by atoms with Crippen molar-refractivity contribution in [3.05, 3.63) is 53.1 Å². The van der Waals surface area contributed by atoms with Crippen molar-refractivity contribution in [1.82, 2.24) is 4.98 Å². The maximum atomic E-state index is 13.6. The molecular formula is C23H26N2O4S2.